The molecule has 28 heavy (non-hydrogen) atoms. The van der Waals surface area contributed by atoms with Gasteiger partial charge in [0, 0.05) is 18.5 Å². The second-order valence-electron chi connectivity index (χ2n) is 6.50. The summed E-state index contributed by atoms with van der Waals surface area (Å²) in [7, 11) is 0. The van der Waals surface area contributed by atoms with Crippen LogP contribution in [0.5, 0.6) is 0 Å². The van der Waals surface area contributed by atoms with Crippen LogP contribution < -0.4 is 5.32 Å². The van der Waals surface area contributed by atoms with Gasteiger partial charge < -0.3 is 9.73 Å². The zero-order valence-electron chi connectivity index (χ0n) is 15.7. The summed E-state index contributed by atoms with van der Waals surface area (Å²) in [6.07, 6.45) is 5.53. The molecule has 0 aliphatic carbocycles. The molecule has 1 aromatic heterocycles. The molecule has 1 heterocycles. The molecule has 0 saturated heterocycles. The van der Waals surface area contributed by atoms with Gasteiger partial charge in [-0.05, 0) is 35.8 Å². The second-order valence-corrected chi connectivity index (χ2v) is 6.50. The molecule has 142 valence electrons. The lowest BCUT2D eigenvalue weighted by Gasteiger charge is -2.17. The van der Waals surface area contributed by atoms with Gasteiger partial charge in [-0.15, -0.1) is 0 Å². The van der Waals surface area contributed by atoms with Gasteiger partial charge in [0.05, 0.1) is 0 Å². The molecule has 0 amide bonds. The van der Waals surface area contributed by atoms with Crippen molar-refractivity contribution >= 4 is 18.0 Å². The van der Waals surface area contributed by atoms with Crippen molar-refractivity contribution in [1.29, 1.82) is 5.26 Å². The van der Waals surface area contributed by atoms with Crippen LogP contribution in [0.4, 0.5) is 10.3 Å². The maximum atomic E-state index is 13.0. The van der Waals surface area contributed by atoms with Crippen LogP contribution in [0.15, 0.2) is 59.0 Å². The van der Waals surface area contributed by atoms with Crippen molar-refractivity contribution in [3.8, 4) is 6.07 Å². The third-order valence-electron chi connectivity index (χ3n) is 4.46. The minimum atomic E-state index is -0.286. The van der Waals surface area contributed by atoms with Crippen molar-refractivity contribution in [2.45, 2.75) is 25.7 Å². The topological polar surface area (TPSA) is 61.9 Å². The number of benzene rings is 2. The highest BCUT2D eigenvalue weighted by Crippen LogP contribution is 2.24. The minimum Gasteiger partial charge on any atom is -0.420 e. The van der Waals surface area contributed by atoms with Crippen LogP contribution in [-0.2, 0) is 0 Å². The van der Waals surface area contributed by atoms with Crippen molar-refractivity contribution in [3.05, 3.63) is 83.1 Å². The minimum absolute atomic E-state index is 0.224. The molecule has 1 atom stereocenters. The molecular weight excluding hydrogens is 353 g/mol. The average Bonchev–Trinajstić information content (AvgIpc) is 3.13. The van der Waals surface area contributed by atoms with Gasteiger partial charge in [-0.1, -0.05) is 55.8 Å². The molecule has 3 aromatic rings. The summed E-state index contributed by atoms with van der Waals surface area (Å²) >= 11 is 0. The standard InChI is InChI=1S/C23H22FN3O/c1-2-6-19(18-7-4-3-5-8-18)16-26-23-21(15-25)27-22(28-23)14-11-17-9-12-20(24)13-10-17/h3-5,7-14,19,26H,2,6,16H2,1H3. The van der Waals surface area contributed by atoms with E-state index in [1.807, 2.05) is 18.2 Å². The van der Waals surface area contributed by atoms with Gasteiger partial charge in [0.1, 0.15) is 11.9 Å². The van der Waals surface area contributed by atoms with Crippen molar-refractivity contribution in [3.63, 3.8) is 0 Å². The normalized spacial score (nSPS) is 12.0. The molecule has 2 aromatic carbocycles. The van der Waals surface area contributed by atoms with Crippen LogP contribution in [0.3, 0.4) is 0 Å². The maximum Gasteiger partial charge on any atom is 0.232 e. The number of aromatic nitrogens is 1. The molecule has 0 aliphatic rings. The van der Waals surface area contributed by atoms with E-state index < -0.39 is 0 Å². The van der Waals surface area contributed by atoms with Crippen LogP contribution in [0, 0.1) is 17.1 Å². The summed E-state index contributed by atoms with van der Waals surface area (Å²) in [4.78, 5) is 4.21. The summed E-state index contributed by atoms with van der Waals surface area (Å²) in [6, 6.07) is 18.5. The third kappa shape index (κ3) is 5.08. The SMILES string of the molecule is CCCC(CNc1oc(C=Cc2ccc(F)cc2)nc1C#N)c1ccccc1. The largest absolute Gasteiger partial charge is 0.420 e. The van der Waals surface area contributed by atoms with Gasteiger partial charge in [0.15, 0.2) is 0 Å². The van der Waals surface area contributed by atoms with E-state index in [0.717, 1.165) is 18.4 Å². The summed E-state index contributed by atoms with van der Waals surface area (Å²) in [5, 5.41) is 12.6. The van der Waals surface area contributed by atoms with Crippen molar-refractivity contribution in [2.24, 2.45) is 0 Å². The number of anilines is 1. The van der Waals surface area contributed by atoms with Gasteiger partial charge in [-0.25, -0.2) is 4.39 Å². The summed E-state index contributed by atoms with van der Waals surface area (Å²) in [6.45, 7) is 2.81. The van der Waals surface area contributed by atoms with Crippen LogP contribution >= 0.6 is 0 Å². The highest BCUT2D eigenvalue weighted by Gasteiger charge is 2.15. The third-order valence-corrected chi connectivity index (χ3v) is 4.46. The van der Waals surface area contributed by atoms with Gasteiger partial charge >= 0.3 is 0 Å². The van der Waals surface area contributed by atoms with E-state index in [4.69, 9.17) is 4.42 Å². The summed E-state index contributed by atoms with van der Waals surface area (Å²) in [5.41, 5.74) is 2.30. The van der Waals surface area contributed by atoms with Crippen LogP contribution in [0.1, 0.15) is 48.4 Å². The number of halogens is 1. The van der Waals surface area contributed by atoms with Crippen molar-refractivity contribution < 1.29 is 8.81 Å². The smallest absolute Gasteiger partial charge is 0.232 e. The lowest BCUT2D eigenvalue weighted by Crippen LogP contribution is -2.13. The zero-order chi connectivity index (χ0) is 19.8. The average molecular weight is 375 g/mol. The Morgan fingerprint density at radius 2 is 1.89 bits per heavy atom. The number of rotatable bonds is 8. The number of oxazole rings is 1. The van der Waals surface area contributed by atoms with Crippen molar-refractivity contribution in [2.75, 3.05) is 11.9 Å². The molecule has 5 heteroatoms. The van der Waals surface area contributed by atoms with Gasteiger partial charge in [0.2, 0.25) is 17.5 Å². The first-order valence-electron chi connectivity index (χ1n) is 9.33. The Bertz CT molecular complexity index is 956. The molecule has 4 nitrogen and oxygen atoms in total. The fourth-order valence-electron chi connectivity index (χ4n) is 3.02. The molecule has 0 radical (unpaired) electrons. The zero-order valence-corrected chi connectivity index (χ0v) is 15.7. The second kappa shape index (κ2) is 9.52. The van der Waals surface area contributed by atoms with E-state index in [1.54, 1.807) is 24.3 Å². The fraction of sp³-hybridized carbons (Fsp3) is 0.217. The lowest BCUT2D eigenvalue weighted by atomic mass is 9.94. The molecule has 0 bridgehead atoms. The molecule has 1 unspecified atom stereocenters. The number of nitrogens with zero attached hydrogens (tertiary/aromatic N) is 2. The van der Waals surface area contributed by atoms with E-state index >= 15 is 0 Å². The number of nitriles is 1. The molecular formula is C23H22FN3O. The first kappa shape index (κ1) is 19.4. The molecule has 0 saturated carbocycles. The van der Waals surface area contributed by atoms with Crippen LogP contribution in [-0.4, -0.2) is 11.5 Å². The maximum absolute atomic E-state index is 13.0. The predicted molar refractivity (Wildman–Crippen MR) is 109 cm³/mol. The molecule has 1 N–H and O–H groups in total. The first-order chi connectivity index (χ1) is 13.7. The molecule has 0 spiro atoms. The highest BCUT2D eigenvalue weighted by atomic mass is 19.1. The Kier molecular flexibility index (Phi) is 6.59. The number of hydrogen-bond acceptors (Lipinski definition) is 4. The summed E-state index contributed by atoms with van der Waals surface area (Å²) < 4.78 is 18.7. The van der Waals surface area contributed by atoms with Crippen LogP contribution in [0.25, 0.3) is 12.2 Å². The Balaban J connectivity index is 1.71. The van der Waals surface area contributed by atoms with E-state index in [2.05, 4.69) is 35.4 Å². The monoisotopic (exact) mass is 375 g/mol. The van der Waals surface area contributed by atoms with Gasteiger partial charge in [-0.2, -0.15) is 10.2 Å². The first-order valence-corrected chi connectivity index (χ1v) is 9.33. The molecule has 0 fully saturated rings. The Morgan fingerprint density at radius 3 is 2.57 bits per heavy atom. The van der Waals surface area contributed by atoms with Gasteiger partial charge in [0.25, 0.3) is 0 Å². The summed E-state index contributed by atoms with van der Waals surface area (Å²) in [5.74, 6) is 0.737. The Hall–Kier alpha value is -3.39. The predicted octanol–water partition coefficient (Wildman–Crippen LogP) is 5.85. The van der Waals surface area contributed by atoms with E-state index in [9.17, 15) is 9.65 Å². The van der Waals surface area contributed by atoms with Crippen molar-refractivity contribution in [1.82, 2.24) is 4.98 Å². The fourth-order valence-corrected chi connectivity index (χ4v) is 3.02. The van der Waals surface area contributed by atoms with E-state index in [0.29, 0.717) is 24.2 Å². The Labute approximate surface area is 164 Å². The highest BCUT2D eigenvalue weighted by molar-refractivity contribution is 5.67. The van der Waals surface area contributed by atoms with Gasteiger partial charge in [-0.3, -0.25) is 0 Å². The van der Waals surface area contributed by atoms with E-state index in [1.165, 1.54) is 17.7 Å². The Morgan fingerprint density at radius 1 is 1.14 bits per heavy atom. The quantitative estimate of drug-likeness (QED) is 0.536. The van der Waals surface area contributed by atoms with E-state index in [-0.39, 0.29) is 11.5 Å². The number of hydrogen-bond donors (Lipinski definition) is 1. The lowest BCUT2D eigenvalue weighted by molar-refractivity contribution is 0.549. The molecule has 3 rings (SSSR count). The number of nitrogens with one attached hydrogen (secondary N) is 1. The van der Waals surface area contributed by atoms with Crippen LogP contribution in [0.2, 0.25) is 0 Å². The molecule has 0 aliphatic heterocycles.